The van der Waals surface area contributed by atoms with Crippen LogP contribution in [0.4, 0.5) is 0 Å². The Morgan fingerprint density at radius 2 is 2.02 bits per heavy atom. The Bertz CT molecular complexity index is 1580. The molecule has 1 saturated heterocycles. The van der Waals surface area contributed by atoms with Crippen LogP contribution in [0, 0.1) is 0 Å². The predicted molar refractivity (Wildman–Crippen MR) is 161 cm³/mol. The van der Waals surface area contributed by atoms with Crippen molar-refractivity contribution < 1.29 is 14.3 Å². The molecule has 4 aromatic rings. The third-order valence-corrected chi connectivity index (χ3v) is 9.27. The van der Waals surface area contributed by atoms with Crippen molar-refractivity contribution in [3.8, 4) is 16.5 Å². The summed E-state index contributed by atoms with van der Waals surface area (Å²) in [4.78, 5) is 24.0. The molecule has 1 aromatic carbocycles. The molecule has 4 heterocycles. The number of piperidine rings is 1. The highest BCUT2D eigenvalue weighted by Crippen LogP contribution is 2.40. The van der Waals surface area contributed by atoms with Crippen LogP contribution in [0.2, 0.25) is 5.02 Å². The first-order valence-electron chi connectivity index (χ1n) is 13.8. The van der Waals surface area contributed by atoms with Crippen LogP contribution in [0.5, 0.6) is 11.5 Å². The Kier molecular flexibility index (Phi) is 7.84. The maximum atomic E-state index is 12.4. The van der Waals surface area contributed by atoms with E-state index in [9.17, 15) is 4.79 Å². The van der Waals surface area contributed by atoms with Gasteiger partial charge in [0.05, 0.1) is 16.4 Å². The van der Waals surface area contributed by atoms with Gasteiger partial charge >= 0.3 is 0 Å². The minimum atomic E-state index is -0.546. The highest BCUT2D eigenvalue weighted by atomic mass is 35.5. The molecule has 1 fully saturated rings. The summed E-state index contributed by atoms with van der Waals surface area (Å²) in [5.41, 5.74) is 9.68. The van der Waals surface area contributed by atoms with Crippen molar-refractivity contribution in [2.75, 3.05) is 20.1 Å². The van der Waals surface area contributed by atoms with E-state index in [1.165, 1.54) is 11.3 Å². The minimum absolute atomic E-state index is 0.130. The minimum Gasteiger partial charge on any atom is -0.489 e. The summed E-state index contributed by atoms with van der Waals surface area (Å²) >= 11 is 8.09. The van der Waals surface area contributed by atoms with Crippen LogP contribution in [-0.4, -0.2) is 51.6 Å². The fourth-order valence-corrected chi connectivity index (χ4v) is 6.67. The number of likely N-dealkylation sites (tertiary alicyclic amines) is 1. The summed E-state index contributed by atoms with van der Waals surface area (Å²) < 4.78 is 14.6. The lowest BCUT2D eigenvalue weighted by Crippen LogP contribution is -2.35. The third-order valence-electron chi connectivity index (χ3n) is 7.74. The number of amides is 1. The molecule has 8 nitrogen and oxygen atoms in total. The summed E-state index contributed by atoms with van der Waals surface area (Å²) in [5, 5.41) is 1.32. The molecule has 6 rings (SSSR count). The van der Waals surface area contributed by atoms with Gasteiger partial charge in [0.1, 0.15) is 39.9 Å². The first-order chi connectivity index (χ1) is 19.9. The molecule has 0 saturated carbocycles. The molecule has 10 heteroatoms. The number of thiophene rings is 1. The van der Waals surface area contributed by atoms with E-state index >= 15 is 0 Å². The number of hydrogen-bond donors (Lipinski definition) is 1. The van der Waals surface area contributed by atoms with Gasteiger partial charge in [0.25, 0.3) is 5.91 Å². The maximum absolute atomic E-state index is 12.4. The van der Waals surface area contributed by atoms with Crippen LogP contribution in [0.15, 0.2) is 61.2 Å². The number of carbonyl (C=O) groups is 1. The van der Waals surface area contributed by atoms with Gasteiger partial charge < -0.3 is 20.1 Å². The van der Waals surface area contributed by atoms with Crippen molar-refractivity contribution >= 4 is 34.9 Å². The zero-order chi connectivity index (χ0) is 28.5. The Morgan fingerprint density at radius 1 is 1.20 bits per heavy atom. The van der Waals surface area contributed by atoms with E-state index in [4.69, 9.17) is 26.8 Å². The van der Waals surface area contributed by atoms with Crippen LogP contribution in [0.1, 0.15) is 64.0 Å². The van der Waals surface area contributed by atoms with Crippen molar-refractivity contribution in [3.05, 3.63) is 93.6 Å². The monoisotopic (exact) mass is 589 g/mol. The highest BCUT2D eigenvalue weighted by Gasteiger charge is 2.25. The number of carbonyl (C=O) groups excluding carboxylic acids is 1. The number of fused-ring (bicyclic) bond motifs is 1. The molecule has 0 radical (unpaired) electrons. The molecule has 41 heavy (non-hydrogen) atoms. The van der Waals surface area contributed by atoms with Gasteiger partial charge in [0.15, 0.2) is 0 Å². The van der Waals surface area contributed by atoms with Crippen molar-refractivity contribution in [1.29, 1.82) is 0 Å². The standard InChI is InChI=1S/C31H32ClN5O3S/c1-19(23-6-3-7-26(29(23)32)40-22-10-13-36(2)14-11-22)39-27-16-28(41-30(27)31(33)38)37-18-35-24-15-20(8-9-25(24)37)21-5-4-12-34-17-21/h3-9,12,16-20,22H,10-11,13-15H2,1-2H3,(H2,33,38). The molecule has 2 unspecified atom stereocenters. The van der Waals surface area contributed by atoms with Crippen LogP contribution in [-0.2, 0) is 6.42 Å². The van der Waals surface area contributed by atoms with Crippen molar-refractivity contribution in [2.24, 2.45) is 5.73 Å². The number of allylic oxidation sites excluding steroid dienone is 1. The molecule has 0 spiro atoms. The Labute approximate surface area is 248 Å². The summed E-state index contributed by atoms with van der Waals surface area (Å²) in [6, 6.07) is 11.6. The van der Waals surface area contributed by atoms with E-state index < -0.39 is 12.0 Å². The molecule has 2 aliphatic rings. The number of halogens is 1. The summed E-state index contributed by atoms with van der Waals surface area (Å²) in [7, 11) is 2.12. The molecule has 2 atom stereocenters. The Morgan fingerprint density at radius 3 is 2.78 bits per heavy atom. The number of imidazole rings is 1. The fourth-order valence-electron chi connectivity index (χ4n) is 5.42. The number of rotatable bonds is 8. The normalized spacial score (nSPS) is 18.2. The van der Waals surface area contributed by atoms with Gasteiger partial charge in [0, 0.05) is 49.5 Å². The molecule has 3 aromatic heterocycles. The van der Waals surface area contributed by atoms with Gasteiger partial charge in [-0.2, -0.15) is 0 Å². The highest BCUT2D eigenvalue weighted by molar-refractivity contribution is 7.16. The number of hydrogen-bond acceptors (Lipinski definition) is 7. The lowest BCUT2D eigenvalue weighted by Gasteiger charge is -2.30. The van der Waals surface area contributed by atoms with Crippen LogP contribution in [0.3, 0.4) is 0 Å². The topological polar surface area (TPSA) is 95.5 Å². The lowest BCUT2D eigenvalue weighted by molar-refractivity contribution is 0.0998. The van der Waals surface area contributed by atoms with Gasteiger partial charge in [-0.1, -0.05) is 35.9 Å². The number of benzene rings is 1. The summed E-state index contributed by atoms with van der Waals surface area (Å²) in [6.07, 6.45) is 12.1. The predicted octanol–water partition coefficient (Wildman–Crippen LogP) is 6.05. The molecule has 1 aliphatic heterocycles. The van der Waals surface area contributed by atoms with Gasteiger partial charge in [-0.25, -0.2) is 4.98 Å². The van der Waals surface area contributed by atoms with E-state index in [0.717, 1.165) is 59.9 Å². The molecular formula is C31H32ClN5O3S. The van der Waals surface area contributed by atoms with Crippen LogP contribution < -0.4 is 15.2 Å². The van der Waals surface area contributed by atoms with Gasteiger partial charge in [-0.05, 0) is 50.6 Å². The maximum Gasteiger partial charge on any atom is 0.262 e. The average molecular weight is 590 g/mol. The second-order valence-electron chi connectivity index (χ2n) is 10.6. The van der Waals surface area contributed by atoms with E-state index in [1.54, 1.807) is 12.5 Å². The zero-order valence-corrected chi connectivity index (χ0v) is 24.6. The van der Waals surface area contributed by atoms with Crippen molar-refractivity contribution in [3.63, 3.8) is 0 Å². The van der Waals surface area contributed by atoms with Gasteiger partial charge in [0.2, 0.25) is 0 Å². The van der Waals surface area contributed by atoms with Crippen LogP contribution >= 0.6 is 22.9 Å². The number of nitrogens with two attached hydrogens (primary N) is 1. The second-order valence-corrected chi connectivity index (χ2v) is 12.0. The van der Waals surface area contributed by atoms with Gasteiger partial charge in [-0.3, -0.25) is 14.3 Å². The number of ether oxygens (including phenoxy) is 2. The first kappa shape index (κ1) is 27.5. The molecule has 0 bridgehead atoms. The summed E-state index contributed by atoms with van der Waals surface area (Å²) in [5.74, 6) is 0.734. The number of aromatic nitrogens is 3. The fraction of sp³-hybridized carbons (Fsp3) is 0.323. The zero-order valence-electron chi connectivity index (χ0n) is 23.0. The second kappa shape index (κ2) is 11.7. The van der Waals surface area contributed by atoms with Crippen molar-refractivity contribution in [2.45, 2.75) is 44.3 Å². The van der Waals surface area contributed by atoms with Crippen molar-refractivity contribution in [1.82, 2.24) is 19.4 Å². The number of primary amides is 1. The molecule has 2 N–H and O–H groups in total. The quantitative estimate of drug-likeness (QED) is 0.269. The smallest absolute Gasteiger partial charge is 0.262 e. The Balaban J connectivity index is 1.22. The Hall–Kier alpha value is -3.66. The van der Waals surface area contributed by atoms with E-state index in [2.05, 4.69) is 40.1 Å². The van der Waals surface area contributed by atoms with Gasteiger partial charge in [-0.15, -0.1) is 11.3 Å². The molecule has 1 amide bonds. The third kappa shape index (κ3) is 5.75. The molecule has 212 valence electrons. The number of nitrogens with zero attached hydrogens (tertiary/aromatic N) is 4. The molecular weight excluding hydrogens is 558 g/mol. The lowest BCUT2D eigenvalue weighted by atomic mass is 9.91. The molecule has 1 aliphatic carbocycles. The largest absolute Gasteiger partial charge is 0.489 e. The van der Waals surface area contributed by atoms with E-state index in [0.29, 0.717) is 21.4 Å². The SMILES string of the molecule is CC(Oc1cc(-n2cnc3c2C=CC(c2cccnc2)C3)sc1C(N)=O)c1cccc(OC2CCN(C)CC2)c1Cl. The van der Waals surface area contributed by atoms with E-state index in [1.807, 2.05) is 48.0 Å². The number of pyridine rings is 1. The first-order valence-corrected chi connectivity index (χ1v) is 15.0. The van der Waals surface area contributed by atoms with Crippen LogP contribution in [0.25, 0.3) is 11.1 Å². The average Bonchev–Trinajstić information content (AvgIpc) is 3.59. The summed E-state index contributed by atoms with van der Waals surface area (Å²) in [6.45, 7) is 3.90. The van der Waals surface area contributed by atoms with E-state index in [-0.39, 0.29) is 12.0 Å².